The predicted molar refractivity (Wildman–Crippen MR) is 86.7 cm³/mol. The number of carboxylic acid groups (broad SMARTS) is 1. The zero-order valence-electron chi connectivity index (χ0n) is 12.6. The van der Waals surface area contributed by atoms with Crippen LogP contribution in [0.1, 0.15) is 17.4 Å². The van der Waals surface area contributed by atoms with Gasteiger partial charge < -0.3 is 20.1 Å². The minimum absolute atomic E-state index is 0.451. The molecule has 3 rings (SSSR count). The molecule has 0 saturated heterocycles. The minimum atomic E-state index is -1.08. The third kappa shape index (κ3) is 3.42. The van der Waals surface area contributed by atoms with Crippen molar-refractivity contribution >= 4 is 17.1 Å². The van der Waals surface area contributed by atoms with Gasteiger partial charge in [0, 0.05) is 6.42 Å². The molecule has 0 aliphatic rings. The van der Waals surface area contributed by atoms with Crippen LogP contribution in [0.25, 0.3) is 11.0 Å². The quantitative estimate of drug-likeness (QED) is 0.675. The summed E-state index contributed by atoms with van der Waals surface area (Å²) < 4.78 is 5.13. The summed E-state index contributed by atoms with van der Waals surface area (Å²) in [5.41, 5.74) is 2.69. The fourth-order valence-corrected chi connectivity index (χ4v) is 2.50. The molecule has 1 heterocycles. The monoisotopic (exact) mass is 311 g/mol. The fraction of sp³-hybridized carbons (Fsp3) is 0.176. The summed E-state index contributed by atoms with van der Waals surface area (Å²) in [6.45, 7) is 0. The van der Waals surface area contributed by atoms with E-state index in [2.05, 4.69) is 15.3 Å². The van der Waals surface area contributed by atoms with Crippen molar-refractivity contribution in [1.29, 1.82) is 0 Å². The second-order valence-electron chi connectivity index (χ2n) is 5.19. The van der Waals surface area contributed by atoms with Crippen LogP contribution in [-0.4, -0.2) is 28.3 Å². The Morgan fingerprint density at radius 3 is 2.65 bits per heavy atom. The van der Waals surface area contributed by atoms with Crippen molar-refractivity contribution in [2.24, 2.45) is 0 Å². The Labute approximate surface area is 133 Å². The van der Waals surface area contributed by atoms with Crippen molar-refractivity contribution in [2.75, 3.05) is 7.11 Å². The van der Waals surface area contributed by atoms with Crippen molar-refractivity contribution in [3.05, 3.63) is 59.9 Å². The molecule has 0 saturated carbocycles. The lowest BCUT2D eigenvalue weighted by Gasteiger charge is -2.15. The van der Waals surface area contributed by atoms with Gasteiger partial charge in [0.2, 0.25) is 0 Å². The minimum Gasteiger partial charge on any atom is -0.497 e. The van der Waals surface area contributed by atoms with E-state index in [1.54, 1.807) is 7.11 Å². The molecule has 1 atom stereocenters. The highest BCUT2D eigenvalue weighted by molar-refractivity contribution is 5.75. The third-order valence-electron chi connectivity index (χ3n) is 3.63. The van der Waals surface area contributed by atoms with Crippen LogP contribution in [0.4, 0.5) is 4.79 Å². The molecule has 6 heteroatoms. The first-order chi connectivity index (χ1) is 11.2. The third-order valence-corrected chi connectivity index (χ3v) is 3.63. The Morgan fingerprint density at radius 2 is 2.00 bits per heavy atom. The van der Waals surface area contributed by atoms with Crippen LogP contribution in [0, 0.1) is 0 Å². The maximum absolute atomic E-state index is 11.1. The summed E-state index contributed by atoms with van der Waals surface area (Å²) in [6.07, 6.45) is -0.584. The second kappa shape index (κ2) is 6.39. The number of para-hydroxylation sites is 2. The highest BCUT2D eigenvalue weighted by Gasteiger charge is 2.18. The SMILES string of the molecule is COc1ccc(CC(NC(=O)O)c2nc3ccccc3[nH]2)cc1. The summed E-state index contributed by atoms with van der Waals surface area (Å²) >= 11 is 0. The molecule has 0 spiro atoms. The number of methoxy groups -OCH3 is 1. The molecule has 6 nitrogen and oxygen atoms in total. The van der Waals surface area contributed by atoms with E-state index in [9.17, 15) is 4.79 Å². The molecule has 0 aliphatic carbocycles. The Kier molecular flexibility index (Phi) is 4.14. The van der Waals surface area contributed by atoms with Gasteiger partial charge in [-0.3, -0.25) is 0 Å². The number of rotatable bonds is 5. The lowest BCUT2D eigenvalue weighted by atomic mass is 10.1. The summed E-state index contributed by atoms with van der Waals surface area (Å²) in [5.74, 6) is 1.37. The van der Waals surface area contributed by atoms with Crippen LogP contribution in [-0.2, 0) is 6.42 Å². The van der Waals surface area contributed by atoms with Gasteiger partial charge in [-0.25, -0.2) is 9.78 Å². The molecule has 1 unspecified atom stereocenters. The Hall–Kier alpha value is -3.02. The molecule has 0 radical (unpaired) electrons. The molecule has 3 aromatic rings. The van der Waals surface area contributed by atoms with Gasteiger partial charge in [0.05, 0.1) is 24.2 Å². The van der Waals surface area contributed by atoms with Crippen LogP contribution >= 0.6 is 0 Å². The Morgan fingerprint density at radius 1 is 1.26 bits per heavy atom. The lowest BCUT2D eigenvalue weighted by Crippen LogP contribution is -2.29. The molecule has 2 aromatic carbocycles. The number of hydrogen-bond donors (Lipinski definition) is 3. The fourth-order valence-electron chi connectivity index (χ4n) is 2.50. The molecule has 3 N–H and O–H groups in total. The van der Waals surface area contributed by atoms with Crippen molar-refractivity contribution in [3.63, 3.8) is 0 Å². The van der Waals surface area contributed by atoms with Gasteiger partial charge >= 0.3 is 6.09 Å². The first-order valence-corrected chi connectivity index (χ1v) is 7.23. The topological polar surface area (TPSA) is 87.2 Å². The van der Waals surface area contributed by atoms with E-state index in [0.717, 1.165) is 22.3 Å². The average molecular weight is 311 g/mol. The number of carbonyl (C=O) groups is 1. The van der Waals surface area contributed by atoms with Crippen molar-refractivity contribution in [2.45, 2.75) is 12.5 Å². The van der Waals surface area contributed by atoms with Crippen LogP contribution in [0.5, 0.6) is 5.75 Å². The van der Waals surface area contributed by atoms with Crippen molar-refractivity contribution in [3.8, 4) is 5.75 Å². The molecular formula is C17H17N3O3. The second-order valence-corrected chi connectivity index (χ2v) is 5.19. The Bertz CT molecular complexity index is 778. The van der Waals surface area contributed by atoms with Gasteiger partial charge in [-0.15, -0.1) is 0 Å². The number of fused-ring (bicyclic) bond motifs is 1. The zero-order chi connectivity index (χ0) is 16.2. The smallest absolute Gasteiger partial charge is 0.405 e. The van der Waals surface area contributed by atoms with Crippen LogP contribution in [0.2, 0.25) is 0 Å². The maximum Gasteiger partial charge on any atom is 0.405 e. The molecular weight excluding hydrogens is 294 g/mol. The number of nitrogens with one attached hydrogen (secondary N) is 2. The summed E-state index contributed by atoms with van der Waals surface area (Å²) in [5, 5.41) is 11.6. The van der Waals surface area contributed by atoms with E-state index in [1.807, 2.05) is 48.5 Å². The van der Waals surface area contributed by atoms with Crippen molar-refractivity contribution < 1.29 is 14.6 Å². The van der Waals surface area contributed by atoms with Crippen LogP contribution in [0.3, 0.4) is 0 Å². The number of aromatic amines is 1. The van der Waals surface area contributed by atoms with E-state index in [4.69, 9.17) is 9.84 Å². The van der Waals surface area contributed by atoms with Gasteiger partial charge in [-0.2, -0.15) is 0 Å². The molecule has 23 heavy (non-hydrogen) atoms. The first-order valence-electron chi connectivity index (χ1n) is 7.23. The predicted octanol–water partition coefficient (Wildman–Crippen LogP) is 3.12. The number of nitrogens with zero attached hydrogens (tertiary/aromatic N) is 1. The molecule has 1 amide bonds. The summed E-state index contributed by atoms with van der Waals surface area (Å²) in [6, 6.07) is 14.7. The van der Waals surface area contributed by atoms with Gasteiger partial charge in [0.1, 0.15) is 11.6 Å². The van der Waals surface area contributed by atoms with Gasteiger partial charge in [-0.1, -0.05) is 24.3 Å². The van der Waals surface area contributed by atoms with E-state index in [1.165, 1.54) is 0 Å². The number of H-pyrrole nitrogens is 1. The van der Waals surface area contributed by atoms with E-state index in [0.29, 0.717) is 12.2 Å². The average Bonchev–Trinajstić information content (AvgIpc) is 2.98. The molecule has 0 bridgehead atoms. The highest BCUT2D eigenvalue weighted by atomic mass is 16.5. The van der Waals surface area contributed by atoms with E-state index < -0.39 is 12.1 Å². The van der Waals surface area contributed by atoms with Gasteiger partial charge in [0.15, 0.2) is 0 Å². The van der Waals surface area contributed by atoms with Gasteiger partial charge in [-0.05, 0) is 29.8 Å². The lowest BCUT2D eigenvalue weighted by molar-refractivity contribution is 0.189. The summed E-state index contributed by atoms with van der Waals surface area (Å²) in [4.78, 5) is 18.8. The largest absolute Gasteiger partial charge is 0.497 e. The van der Waals surface area contributed by atoms with E-state index in [-0.39, 0.29) is 0 Å². The number of aromatic nitrogens is 2. The number of imidazole rings is 1. The normalized spacial score (nSPS) is 12.0. The van der Waals surface area contributed by atoms with E-state index >= 15 is 0 Å². The van der Waals surface area contributed by atoms with Crippen LogP contribution < -0.4 is 10.1 Å². The zero-order valence-corrected chi connectivity index (χ0v) is 12.6. The molecule has 0 fully saturated rings. The molecule has 1 aromatic heterocycles. The highest BCUT2D eigenvalue weighted by Crippen LogP contribution is 2.21. The number of ether oxygens (including phenoxy) is 1. The van der Waals surface area contributed by atoms with Gasteiger partial charge in [0.25, 0.3) is 0 Å². The first kappa shape index (κ1) is 14.9. The maximum atomic E-state index is 11.1. The van der Waals surface area contributed by atoms with Crippen LogP contribution in [0.15, 0.2) is 48.5 Å². The number of benzene rings is 2. The summed E-state index contributed by atoms with van der Waals surface area (Å²) in [7, 11) is 1.61. The molecule has 0 aliphatic heterocycles. The molecule has 118 valence electrons. The number of amides is 1. The standard InChI is InChI=1S/C17H17N3O3/c1-23-12-8-6-11(7-9-12)10-15(20-17(21)22)16-18-13-4-2-3-5-14(13)19-16/h2-9,15,20H,10H2,1H3,(H,18,19)(H,21,22). The van der Waals surface area contributed by atoms with Crippen molar-refractivity contribution in [1.82, 2.24) is 15.3 Å². The number of hydrogen-bond acceptors (Lipinski definition) is 3. The Balaban J connectivity index is 1.88.